The number of hydrogen-bond donors (Lipinski definition) is 1. The van der Waals surface area contributed by atoms with Crippen LogP contribution >= 0.6 is 19.2 Å². The summed E-state index contributed by atoms with van der Waals surface area (Å²) in [4.78, 5) is 25.2. The molecule has 13 heteroatoms. The molecular weight excluding hydrogens is 497 g/mol. The highest BCUT2D eigenvalue weighted by molar-refractivity contribution is 7.57. The Morgan fingerprint density at radius 3 is 2.66 bits per heavy atom. The predicted molar refractivity (Wildman–Crippen MR) is 129 cm³/mol. The number of nitrogens with two attached hydrogens (primary N) is 1. The molecule has 4 rings (SSSR count). The minimum absolute atomic E-state index is 0.0362. The molecule has 186 valence electrons. The smallest absolute Gasteiger partial charge is 0.353 e. The molecule has 1 aliphatic rings. The number of carbonyl (C=O) groups excluding carboxylic acids is 1. The number of carbonyl (C=O) groups is 1. The van der Waals surface area contributed by atoms with Crippen molar-refractivity contribution in [3.63, 3.8) is 0 Å². The molecule has 0 amide bonds. The molecule has 2 aromatic heterocycles. The number of aromatic nitrogens is 4. The van der Waals surface area contributed by atoms with Crippen LogP contribution in [0.2, 0.25) is 5.15 Å². The summed E-state index contributed by atoms with van der Waals surface area (Å²) in [6.07, 6.45) is 1.21. The molecule has 0 unspecified atom stereocenters. The van der Waals surface area contributed by atoms with Crippen LogP contribution in [-0.2, 0) is 23.1 Å². The van der Waals surface area contributed by atoms with E-state index in [1.54, 1.807) is 54.8 Å². The molecule has 1 saturated heterocycles. The summed E-state index contributed by atoms with van der Waals surface area (Å²) >= 11 is 6.17. The molecule has 35 heavy (non-hydrogen) atoms. The van der Waals surface area contributed by atoms with E-state index >= 15 is 0 Å². The third-order valence-electron chi connectivity index (χ3n) is 5.14. The van der Waals surface area contributed by atoms with E-state index < -0.39 is 32.0 Å². The van der Waals surface area contributed by atoms with Crippen molar-refractivity contribution >= 4 is 42.3 Å². The average molecular weight is 522 g/mol. The highest BCUT2D eigenvalue weighted by atomic mass is 35.5. The van der Waals surface area contributed by atoms with Gasteiger partial charge in [-0.25, -0.2) is 9.78 Å². The van der Waals surface area contributed by atoms with Crippen molar-refractivity contribution in [2.24, 2.45) is 0 Å². The highest BCUT2D eigenvalue weighted by Gasteiger charge is 2.40. The summed E-state index contributed by atoms with van der Waals surface area (Å²) in [6.45, 7) is 3.89. The Labute approximate surface area is 206 Å². The normalized spacial score (nSPS) is 20.6. The lowest BCUT2D eigenvalue weighted by molar-refractivity contribution is -0.0381. The number of halogens is 1. The van der Waals surface area contributed by atoms with Gasteiger partial charge in [-0.3, -0.25) is 9.13 Å². The number of hydrogen-bond acceptors (Lipinski definition) is 10. The zero-order chi connectivity index (χ0) is 25.0. The number of anilines is 1. The summed E-state index contributed by atoms with van der Waals surface area (Å²) in [5.74, 6) is 0.817. The first kappa shape index (κ1) is 25.3. The second kappa shape index (κ2) is 10.8. The van der Waals surface area contributed by atoms with Crippen LogP contribution in [0.15, 0.2) is 48.6 Å². The van der Waals surface area contributed by atoms with Crippen LogP contribution < -0.4 is 5.73 Å². The quantitative estimate of drug-likeness (QED) is 0.245. The Morgan fingerprint density at radius 1 is 1.26 bits per heavy atom. The summed E-state index contributed by atoms with van der Waals surface area (Å²) in [5, 5.41) is 0.0906. The van der Waals surface area contributed by atoms with Crippen molar-refractivity contribution in [2.75, 3.05) is 18.9 Å². The highest BCUT2D eigenvalue weighted by Crippen LogP contribution is 2.50. The van der Waals surface area contributed by atoms with Gasteiger partial charge in [0.1, 0.15) is 5.52 Å². The number of benzene rings is 1. The van der Waals surface area contributed by atoms with Gasteiger partial charge >= 0.3 is 13.6 Å². The largest absolute Gasteiger partial charge is 0.454 e. The molecule has 0 radical (unpaired) electrons. The summed E-state index contributed by atoms with van der Waals surface area (Å²) in [6, 6.07) is 8.61. The molecule has 1 aromatic carbocycles. The third kappa shape index (κ3) is 5.71. The summed E-state index contributed by atoms with van der Waals surface area (Å²) in [7, 11) is -3.44. The van der Waals surface area contributed by atoms with Gasteiger partial charge in [-0.15, -0.1) is 0 Å². The van der Waals surface area contributed by atoms with Gasteiger partial charge in [0.25, 0.3) is 0 Å². The molecular formula is C22H25ClN5O6P. The average Bonchev–Trinajstić information content (AvgIpc) is 3.42. The van der Waals surface area contributed by atoms with Gasteiger partial charge in [-0.2, -0.15) is 9.97 Å². The van der Waals surface area contributed by atoms with E-state index in [1.165, 1.54) is 12.1 Å². The van der Waals surface area contributed by atoms with Crippen LogP contribution in [0.4, 0.5) is 5.95 Å². The Hall–Kier alpha value is -2.82. The SMILES string of the molecule is CCOP(=O)(/C=C/[C@@H]1C[C@@H](OC(=O)c2ccccc2)[C@H](n2cnc3c(Cl)nc(N)nc32)O1)OCC. The van der Waals surface area contributed by atoms with E-state index in [4.69, 9.17) is 35.9 Å². The first-order valence-electron chi connectivity index (χ1n) is 11.0. The zero-order valence-corrected chi connectivity index (χ0v) is 20.8. The standard InChI is InChI=1S/C22H25ClN5O6P/c1-3-31-35(30,32-4-2)11-10-15-12-16(34-21(29)14-8-6-5-7-9-14)20(33-15)28-13-25-17-18(23)26-22(24)27-19(17)28/h5-11,13,15-16,20H,3-4,12H2,1-2H3,(H2,24,26,27)/b11-10+/t15-,16-,20-/m1/s1. The minimum Gasteiger partial charge on any atom is -0.454 e. The van der Waals surface area contributed by atoms with Gasteiger partial charge in [0, 0.05) is 12.2 Å². The fraction of sp³-hybridized carbons (Fsp3) is 0.364. The number of fused-ring (bicyclic) bond motifs is 1. The predicted octanol–water partition coefficient (Wildman–Crippen LogP) is 4.35. The lowest BCUT2D eigenvalue weighted by atomic mass is 10.2. The molecule has 0 aliphatic carbocycles. The van der Waals surface area contributed by atoms with Crippen molar-refractivity contribution in [3.05, 3.63) is 59.3 Å². The van der Waals surface area contributed by atoms with E-state index in [2.05, 4.69) is 15.0 Å². The number of imidazole rings is 1. The molecule has 2 N–H and O–H groups in total. The maximum Gasteiger partial charge on any atom is 0.353 e. The molecule has 0 saturated carbocycles. The van der Waals surface area contributed by atoms with Gasteiger partial charge in [-0.1, -0.05) is 29.8 Å². The Balaban J connectivity index is 1.65. The maximum absolute atomic E-state index is 12.8. The third-order valence-corrected chi connectivity index (χ3v) is 7.17. The molecule has 3 atom stereocenters. The van der Waals surface area contributed by atoms with Crippen LogP contribution in [0, 0.1) is 0 Å². The number of rotatable bonds is 9. The fourth-order valence-electron chi connectivity index (χ4n) is 3.69. The van der Waals surface area contributed by atoms with Crippen LogP contribution in [-0.4, -0.2) is 50.9 Å². The van der Waals surface area contributed by atoms with E-state index in [-0.39, 0.29) is 30.7 Å². The van der Waals surface area contributed by atoms with Gasteiger partial charge < -0.3 is 24.3 Å². The molecule has 3 aromatic rings. The van der Waals surface area contributed by atoms with Crippen molar-refractivity contribution in [3.8, 4) is 0 Å². The Morgan fingerprint density at radius 2 is 1.97 bits per heavy atom. The molecule has 1 fully saturated rings. The van der Waals surface area contributed by atoms with E-state index in [0.29, 0.717) is 16.7 Å². The molecule has 0 bridgehead atoms. The second-order valence-electron chi connectivity index (χ2n) is 7.52. The van der Waals surface area contributed by atoms with Crippen LogP contribution in [0.25, 0.3) is 11.2 Å². The first-order valence-corrected chi connectivity index (χ1v) is 13.0. The van der Waals surface area contributed by atoms with Gasteiger partial charge in [0.15, 0.2) is 23.1 Å². The molecule has 11 nitrogen and oxygen atoms in total. The summed E-state index contributed by atoms with van der Waals surface area (Å²) in [5.41, 5.74) is 6.83. The van der Waals surface area contributed by atoms with E-state index in [9.17, 15) is 9.36 Å². The number of nitrogen functional groups attached to an aromatic ring is 1. The van der Waals surface area contributed by atoms with Crippen molar-refractivity contribution < 1.29 is 27.9 Å². The zero-order valence-electron chi connectivity index (χ0n) is 19.1. The van der Waals surface area contributed by atoms with Gasteiger partial charge in [0.2, 0.25) is 5.95 Å². The van der Waals surface area contributed by atoms with Gasteiger partial charge in [-0.05, 0) is 32.1 Å². The first-order chi connectivity index (χ1) is 16.8. The van der Waals surface area contributed by atoms with Crippen LogP contribution in [0.1, 0.15) is 36.9 Å². The topological polar surface area (TPSA) is 141 Å². The lowest BCUT2D eigenvalue weighted by Gasteiger charge is -2.20. The minimum atomic E-state index is -3.44. The van der Waals surface area contributed by atoms with Crippen LogP contribution in [0.5, 0.6) is 0 Å². The van der Waals surface area contributed by atoms with E-state index in [1.807, 2.05) is 0 Å². The number of esters is 1. The molecule has 1 aliphatic heterocycles. The van der Waals surface area contributed by atoms with E-state index in [0.717, 1.165) is 0 Å². The Bertz CT molecular complexity index is 1260. The summed E-state index contributed by atoms with van der Waals surface area (Å²) < 4.78 is 37.0. The number of nitrogens with zero attached hydrogens (tertiary/aromatic N) is 4. The van der Waals surface area contributed by atoms with Crippen LogP contribution in [0.3, 0.4) is 0 Å². The molecule has 3 heterocycles. The van der Waals surface area contributed by atoms with Crippen molar-refractivity contribution in [1.29, 1.82) is 0 Å². The van der Waals surface area contributed by atoms with Crippen molar-refractivity contribution in [1.82, 2.24) is 19.5 Å². The molecule has 0 spiro atoms. The fourth-order valence-corrected chi connectivity index (χ4v) is 5.28. The van der Waals surface area contributed by atoms with Crippen molar-refractivity contribution in [2.45, 2.75) is 38.7 Å². The number of ether oxygens (including phenoxy) is 2. The van der Waals surface area contributed by atoms with Gasteiger partial charge in [0.05, 0.1) is 31.2 Å². The maximum atomic E-state index is 12.8. The lowest BCUT2D eigenvalue weighted by Crippen LogP contribution is -2.25. The second-order valence-corrected chi connectivity index (χ2v) is 9.78. The Kier molecular flexibility index (Phi) is 7.83. The monoisotopic (exact) mass is 521 g/mol.